The van der Waals surface area contributed by atoms with Gasteiger partial charge in [-0.25, -0.2) is 8.78 Å². The van der Waals surface area contributed by atoms with Crippen LogP contribution in [0.3, 0.4) is 0 Å². The van der Waals surface area contributed by atoms with Gasteiger partial charge in [0.1, 0.15) is 11.6 Å². The van der Waals surface area contributed by atoms with Crippen molar-refractivity contribution in [3.05, 3.63) is 52.1 Å². The molecular formula is C19H22F2O. The molecule has 0 saturated carbocycles. The highest BCUT2D eigenvalue weighted by atomic mass is 19.1. The summed E-state index contributed by atoms with van der Waals surface area (Å²) in [7, 11) is 0. The Kier molecular flexibility index (Phi) is 4.12. The fourth-order valence-electron chi connectivity index (χ4n) is 2.92. The highest BCUT2D eigenvalue weighted by Gasteiger charge is 2.31. The largest absolute Gasteiger partial charge is 0.293 e. The second-order valence-electron chi connectivity index (χ2n) is 7.09. The van der Waals surface area contributed by atoms with Crippen molar-refractivity contribution in [3.8, 4) is 0 Å². The Balaban J connectivity index is 2.78. The number of hydrogen-bond donors (Lipinski definition) is 0. The van der Waals surface area contributed by atoms with Crippen molar-refractivity contribution in [1.82, 2.24) is 0 Å². The lowest BCUT2D eigenvalue weighted by Gasteiger charge is -2.21. The minimum atomic E-state index is -0.789. The topological polar surface area (TPSA) is 17.1 Å². The summed E-state index contributed by atoms with van der Waals surface area (Å²) in [5.74, 6) is -1.56. The van der Waals surface area contributed by atoms with Crippen LogP contribution < -0.4 is 0 Å². The van der Waals surface area contributed by atoms with E-state index in [0.29, 0.717) is 5.56 Å². The second kappa shape index (κ2) is 5.45. The minimum absolute atomic E-state index is 0.00917. The van der Waals surface area contributed by atoms with Crippen LogP contribution in [0, 0.1) is 23.0 Å². The maximum absolute atomic E-state index is 14.4. The standard InChI is InChI=1S/C19H22F2O/c1-10-7-11(2)16(12(10)3)14-8-13(20)9-15(21)17(14)18(22)19(4,5)6/h7-10H,1-6H3. The van der Waals surface area contributed by atoms with E-state index < -0.39 is 17.0 Å². The van der Waals surface area contributed by atoms with Crippen LogP contribution in [0.4, 0.5) is 8.78 Å². The number of carbonyl (C=O) groups is 1. The molecule has 1 aromatic rings. The van der Waals surface area contributed by atoms with Crippen molar-refractivity contribution in [3.63, 3.8) is 0 Å². The van der Waals surface area contributed by atoms with Crippen LogP contribution in [-0.4, -0.2) is 5.78 Å². The molecule has 0 radical (unpaired) electrons. The van der Waals surface area contributed by atoms with E-state index in [2.05, 4.69) is 6.08 Å². The van der Waals surface area contributed by atoms with Gasteiger partial charge in [0.25, 0.3) is 0 Å². The van der Waals surface area contributed by atoms with Crippen molar-refractivity contribution < 1.29 is 13.6 Å². The third-order valence-electron chi connectivity index (χ3n) is 4.20. The van der Waals surface area contributed by atoms with E-state index >= 15 is 0 Å². The van der Waals surface area contributed by atoms with Crippen molar-refractivity contribution >= 4 is 11.4 Å². The molecule has 1 aliphatic carbocycles. The predicted molar refractivity (Wildman–Crippen MR) is 85.7 cm³/mol. The summed E-state index contributed by atoms with van der Waals surface area (Å²) in [6.07, 6.45) is 2.05. The van der Waals surface area contributed by atoms with Crippen LogP contribution in [0.2, 0.25) is 0 Å². The zero-order valence-electron chi connectivity index (χ0n) is 14.0. The zero-order valence-corrected chi connectivity index (χ0v) is 14.0. The summed E-state index contributed by atoms with van der Waals surface area (Å²) >= 11 is 0. The van der Waals surface area contributed by atoms with Crippen molar-refractivity contribution in [2.24, 2.45) is 11.3 Å². The van der Waals surface area contributed by atoms with Crippen molar-refractivity contribution in [1.29, 1.82) is 0 Å². The van der Waals surface area contributed by atoms with Gasteiger partial charge in [-0.05, 0) is 42.5 Å². The first-order chi connectivity index (χ1) is 10.0. The minimum Gasteiger partial charge on any atom is -0.293 e. The van der Waals surface area contributed by atoms with E-state index in [9.17, 15) is 13.6 Å². The molecule has 0 aromatic heterocycles. The van der Waals surface area contributed by atoms with Gasteiger partial charge in [0.2, 0.25) is 0 Å². The number of allylic oxidation sites excluding steroid dienone is 4. The summed E-state index contributed by atoms with van der Waals surface area (Å²) in [5.41, 5.74) is 2.41. The summed E-state index contributed by atoms with van der Waals surface area (Å²) in [6.45, 7) is 11.1. The summed E-state index contributed by atoms with van der Waals surface area (Å²) in [4.78, 5) is 12.7. The van der Waals surface area contributed by atoms with Crippen LogP contribution in [0.15, 0.2) is 29.4 Å². The highest BCUT2D eigenvalue weighted by Crippen LogP contribution is 2.40. The molecule has 1 nitrogen and oxygen atoms in total. The molecule has 0 bridgehead atoms. The van der Waals surface area contributed by atoms with Crippen LogP contribution in [-0.2, 0) is 0 Å². The number of rotatable bonds is 2. The van der Waals surface area contributed by atoms with Gasteiger partial charge in [-0.1, -0.05) is 39.3 Å². The van der Waals surface area contributed by atoms with E-state index in [1.807, 2.05) is 20.8 Å². The van der Waals surface area contributed by atoms with Crippen LogP contribution in [0.25, 0.3) is 5.57 Å². The second-order valence-corrected chi connectivity index (χ2v) is 7.09. The summed E-state index contributed by atoms with van der Waals surface area (Å²) in [5, 5.41) is 0. The average Bonchev–Trinajstić information content (AvgIpc) is 2.60. The Morgan fingerprint density at radius 3 is 2.18 bits per heavy atom. The molecule has 3 heteroatoms. The lowest BCUT2D eigenvalue weighted by molar-refractivity contribution is 0.0853. The molecule has 1 unspecified atom stereocenters. The van der Waals surface area contributed by atoms with Crippen molar-refractivity contribution in [2.45, 2.75) is 41.5 Å². The fourth-order valence-corrected chi connectivity index (χ4v) is 2.92. The Bertz CT molecular complexity index is 703. The molecule has 0 aliphatic heterocycles. The lowest BCUT2D eigenvalue weighted by atomic mass is 9.81. The molecule has 118 valence electrons. The van der Waals surface area contributed by atoms with Crippen LogP contribution in [0.5, 0.6) is 0 Å². The van der Waals surface area contributed by atoms with Gasteiger partial charge in [0.15, 0.2) is 5.78 Å². The molecular weight excluding hydrogens is 282 g/mol. The van der Waals surface area contributed by atoms with E-state index in [1.54, 1.807) is 20.8 Å². The Labute approximate surface area is 130 Å². The fraction of sp³-hybridized carbons (Fsp3) is 0.421. The van der Waals surface area contributed by atoms with Crippen LogP contribution in [0.1, 0.15) is 57.5 Å². The number of carbonyl (C=O) groups excluding carboxylic acids is 1. The van der Waals surface area contributed by atoms with Gasteiger partial charge in [0, 0.05) is 11.5 Å². The first-order valence-corrected chi connectivity index (χ1v) is 7.47. The number of Topliss-reactive ketones (excluding diaryl/α,β-unsaturated/α-hetero) is 1. The molecule has 1 aliphatic rings. The molecule has 0 saturated heterocycles. The SMILES string of the molecule is CC1=CC(C)C(C)=C1c1cc(F)cc(F)c1C(=O)C(C)(C)C. The van der Waals surface area contributed by atoms with Gasteiger partial charge in [-0.2, -0.15) is 0 Å². The summed E-state index contributed by atoms with van der Waals surface area (Å²) < 4.78 is 28.2. The van der Waals surface area contributed by atoms with E-state index in [1.165, 1.54) is 6.07 Å². The average molecular weight is 304 g/mol. The third kappa shape index (κ3) is 2.77. The number of hydrogen-bond acceptors (Lipinski definition) is 1. The summed E-state index contributed by atoms with van der Waals surface area (Å²) in [6, 6.07) is 2.06. The van der Waals surface area contributed by atoms with E-state index in [4.69, 9.17) is 0 Å². The van der Waals surface area contributed by atoms with Gasteiger partial charge >= 0.3 is 0 Å². The van der Waals surface area contributed by atoms with E-state index in [0.717, 1.165) is 22.8 Å². The zero-order chi connectivity index (χ0) is 16.8. The molecule has 2 rings (SSSR count). The number of ketones is 1. The number of halogens is 2. The lowest BCUT2D eigenvalue weighted by Crippen LogP contribution is -2.23. The first kappa shape index (κ1) is 16.6. The number of benzene rings is 1. The molecule has 0 fully saturated rings. The molecule has 1 aromatic carbocycles. The quantitative estimate of drug-likeness (QED) is 0.653. The molecule has 0 heterocycles. The Morgan fingerprint density at radius 2 is 1.73 bits per heavy atom. The molecule has 0 N–H and O–H groups in total. The van der Waals surface area contributed by atoms with Crippen molar-refractivity contribution in [2.75, 3.05) is 0 Å². The third-order valence-corrected chi connectivity index (χ3v) is 4.20. The van der Waals surface area contributed by atoms with Gasteiger partial charge in [0.05, 0.1) is 5.56 Å². The predicted octanol–water partition coefficient (Wildman–Crippen LogP) is 5.56. The first-order valence-electron chi connectivity index (χ1n) is 7.47. The molecule has 1 atom stereocenters. The van der Waals surface area contributed by atoms with Crippen LogP contribution >= 0.6 is 0 Å². The Hall–Kier alpha value is -1.77. The molecule has 0 amide bonds. The maximum atomic E-state index is 14.4. The van der Waals surface area contributed by atoms with E-state index in [-0.39, 0.29) is 17.3 Å². The highest BCUT2D eigenvalue weighted by molar-refractivity contribution is 6.05. The van der Waals surface area contributed by atoms with Gasteiger partial charge in [-0.3, -0.25) is 4.79 Å². The smallest absolute Gasteiger partial charge is 0.171 e. The Morgan fingerprint density at radius 1 is 1.14 bits per heavy atom. The van der Waals surface area contributed by atoms with Gasteiger partial charge in [-0.15, -0.1) is 0 Å². The monoisotopic (exact) mass is 304 g/mol. The molecule has 22 heavy (non-hydrogen) atoms. The van der Waals surface area contributed by atoms with Gasteiger partial charge < -0.3 is 0 Å². The normalized spacial score (nSPS) is 18.7. The maximum Gasteiger partial charge on any atom is 0.171 e. The molecule has 0 spiro atoms.